The first-order valence-electron chi connectivity index (χ1n) is 12.7. The molecule has 2 amide bonds. The Balaban J connectivity index is 1.75. The molecule has 1 aliphatic heterocycles. The van der Waals surface area contributed by atoms with Gasteiger partial charge in [0.25, 0.3) is 17.4 Å². The van der Waals surface area contributed by atoms with Gasteiger partial charge < -0.3 is 19.5 Å². The normalized spacial score (nSPS) is 13.3. The first-order chi connectivity index (χ1) is 18.7. The highest BCUT2D eigenvalue weighted by molar-refractivity contribution is 7.20. The van der Waals surface area contributed by atoms with Crippen molar-refractivity contribution in [1.82, 2.24) is 9.88 Å². The Morgan fingerprint density at radius 3 is 2.54 bits per heavy atom. The lowest BCUT2D eigenvalue weighted by Gasteiger charge is -2.25. The van der Waals surface area contributed by atoms with E-state index < -0.39 is 0 Å². The number of pyridine rings is 1. The second-order valence-corrected chi connectivity index (χ2v) is 10.6. The van der Waals surface area contributed by atoms with Crippen molar-refractivity contribution in [3.63, 3.8) is 0 Å². The van der Waals surface area contributed by atoms with Crippen LogP contribution in [-0.2, 0) is 11.8 Å². The molecule has 0 atom stereocenters. The van der Waals surface area contributed by atoms with Crippen molar-refractivity contribution in [2.24, 2.45) is 7.05 Å². The zero-order valence-corrected chi connectivity index (χ0v) is 22.9. The monoisotopic (exact) mass is 545 g/mol. The molecule has 0 unspecified atom stereocenters. The van der Waals surface area contributed by atoms with Crippen molar-refractivity contribution < 1.29 is 18.7 Å². The van der Waals surface area contributed by atoms with Gasteiger partial charge >= 0.3 is 0 Å². The van der Waals surface area contributed by atoms with Gasteiger partial charge in [-0.15, -0.1) is 11.3 Å². The number of nitrogens with zero attached hydrogens (tertiary/aromatic N) is 2. The summed E-state index contributed by atoms with van der Waals surface area (Å²) in [5, 5.41) is 3.41. The molecule has 0 bridgehead atoms. The summed E-state index contributed by atoms with van der Waals surface area (Å²) < 4.78 is 22.3. The molecule has 9 heteroatoms. The minimum Gasteiger partial charge on any atom is -0.456 e. The van der Waals surface area contributed by atoms with E-state index in [2.05, 4.69) is 5.32 Å². The Labute approximate surface area is 229 Å². The highest BCUT2D eigenvalue weighted by Crippen LogP contribution is 2.42. The predicted molar refractivity (Wildman–Crippen MR) is 153 cm³/mol. The van der Waals surface area contributed by atoms with Crippen LogP contribution >= 0.6 is 11.3 Å². The number of anilines is 1. The Bertz CT molecular complexity index is 1700. The van der Waals surface area contributed by atoms with Crippen LogP contribution in [0.2, 0.25) is 0 Å². The summed E-state index contributed by atoms with van der Waals surface area (Å²) in [5.41, 5.74) is 3.05. The van der Waals surface area contributed by atoms with E-state index in [4.69, 9.17) is 4.74 Å². The fraction of sp³-hybridized carbons (Fsp3) is 0.233. The number of benzene rings is 2. The molecule has 200 valence electrons. The quantitative estimate of drug-likeness (QED) is 0.329. The van der Waals surface area contributed by atoms with Gasteiger partial charge in [0.1, 0.15) is 22.0 Å². The smallest absolute Gasteiger partial charge is 0.268 e. The number of carbonyl (C=O) groups excluding carboxylic acids is 2. The third kappa shape index (κ3) is 4.97. The fourth-order valence-corrected chi connectivity index (χ4v) is 5.88. The van der Waals surface area contributed by atoms with Gasteiger partial charge in [-0.2, -0.15) is 0 Å². The van der Waals surface area contributed by atoms with E-state index in [0.717, 1.165) is 17.8 Å². The number of thiophene rings is 1. The zero-order chi connectivity index (χ0) is 27.8. The lowest BCUT2D eigenvalue weighted by atomic mass is 10.0. The number of aryl methyl sites for hydroxylation is 3. The summed E-state index contributed by atoms with van der Waals surface area (Å²) in [7, 11) is 1.66. The van der Waals surface area contributed by atoms with Crippen molar-refractivity contribution in [3.8, 4) is 22.6 Å². The molecule has 39 heavy (non-hydrogen) atoms. The Hall–Kier alpha value is -4.24. The SMILES string of the molecule is CCNC(=O)c1cc2c(-c3cc(N4CCC=CC4=O)ccc3Oc3c(C)cc(F)cc3C)cn(C)c(=O)c2s1. The second-order valence-electron chi connectivity index (χ2n) is 9.50. The van der Waals surface area contributed by atoms with E-state index in [9.17, 15) is 18.8 Å². The van der Waals surface area contributed by atoms with E-state index in [1.807, 2.05) is 25.1 Å². The summed E-state index contributed by atoms with van der Waals surface area (Å²) >= 11 is 1.14. The Morgan fingerprint density at radius 1 is 1.10 bits per heavy atom. The number of aromatic nitrogens is 1. The first-order valence-corrected chi connectivity index (χ1v) is 13.5. The number of carbonyl (C=O) groups is 2. The largest absolute Gasteiger partial charge is 0.456 e. The molecule has 3 heterocycles. The lowest BCUT2D eigenvalue weighted by Crippen LogP contribution is -2.32. The molecule has 0 saturated heterocycles. The topological polar surface area (TPSA) is 80.6 Å². The zero-order valence-electron chi connectivity index (χ0n) is 22.1. The molecule has 4 aromatic rings. The number of hydrogen-bond donors (Lipinski definition) is 1. The Kier molecular flexibility index (Phi) is 7.10. The molecule has 7 nitrogen and oxygen atoms in total. The van der Waals surface area contributed by atoms with Crippen LogP contribution in [0.3, 0.4) is 0 Å². The van der Waals surface area contributed by atoms with Crippen LogP contribution < -0.4 is 20.5 Å². The van der Waals surface area contributed by atoms with Crippen molar-refractivity contribution in [3.05, 3.63) is 86.9 Å². The maximum Gasteiger partial charge on any atom is 0.268 e. The minimum atomic E-state index is -0.347. The molecule has 0 aliphatic carbocycles. The summed E-state index contributed by atoms with van der Waals surface area (Å²) in [6, 6.07) is 10.0. The number of halogens is 1. The van der Waals surface area contributed by atoms with Crippen molar-refractivity contribution in [2.75, 3.05) is 18.0 Å². The van der Waals surface area contributed by atoms with Gasteiger partial charge in [-0.25, -0.2) is 4.39 Å². The van der Waals surface area contributed by atoms with Gasteiger partial charge in [-0.3, -0.25) is 14.4 Å². The van der Waals surface area contributed by atoms with E-state index in [0.29, 0.717) is 67.5 Å². The molecule has 2 aromatic heterocycles. The lowest BCUT2D eigenvalue weighted by molar-refractivity contribution is -0.114. The van der Waals surface area contributed by atoms with Crippen LogP contribution in [0.15, 0.2) is 59.5 Å². The highest BCUT2D eigenvalue weighted by Gasteiger charge is 2.23. The van der Waals surface area contributed by atoms with Crippen molar-refractivity contribution >= 4 is 38.9 Å². The van der Waals surface area contributed by atoms with Gasteiger partial charge in [0, 0.05) is 48.5 Å². The number of ether oxygens (including phenoxy) is 1. The van der Waals surface area contributed by atoms with Crippen molar-refractivity contribution in [1.29, 1.82) is 0 Å². The van der Waals surface area contributed by atoms with Crippen molar-refractivity contribution in [2.45, 2.75) is 27.2 Å². The van der Waals surface area contributed by atoms with Crippen LogP contribution in [0, 0.1) is 19.7 Å². The predicted octanol–water partition coefficient (Wildman–Crippen LogP) is 5.86. The molecule has 0 radical (unpaired) electrons. The molecule has 1 aliphatic rings. The average molecular weight is 546 g/mol. The maximum absolute atomic E-state index is 14.0. The van der Waals surface area contributed by atoms with Crippen LogP contribution in [0.5, 0.6) is 11.5 Å². The molecule has 0 fully saturated rings. The van der Waals surface area contributed by atoms with Gasteiger partial charge in [0.2, 0.25) is 0 Å². The summed E-state index contributed by atoms with van der Waals surface area (Å²) in [6.07, 6.45) is 5.85. The number of amides is 2. The summed E-state index contributed by atoms with van der Waals surface area (Å²) in [4.78, 5) is 40.5. The van der Waals surface area contributed by atoms with Crippen LogP contribution in [0.4, 0.5) is 10.1 Å². The van der Waals surface area contributed by atoms with Gasteiger partial charge in [-0.05, 0) is 80.8 Å². The molecule has 0 spiro atoms. The maximum atomic E-state index is 14.0. The first kappa shape index (κ1) is 26.4. The summed E-state index contributed by atoms with van der Waals surface area (Å²) in [6.45, 7) is 6.39. The number of fused-ring (bicyclic) bond motifs is 1. The summed E-state index contributed by atoms with van der Waals surface area (Å²) in [5.74, 6) is 0.283. The van der Waals surface area contributed by atoms with E-state index in [-0.39, 0.29) is 23.2 Å². The Morgan fingerprint density at radius 2 is 1.85 bits per heavy atom. The minimum absolute atomic E-state index is 0.120. The fourth-order valence-electron chi connectivity index (χ4n) is 4.80. The van der Waals surface area contributed by atoms with Gasteiger partial charge in [-0.1, -0.05) is 6.08 Å². The molecule has 1 N–H and O–H groups in total. The average Bonchev–Trinajstić information content (AvgIpc) is 3.35. The van der Waals surface area contributed by atoms with E-state index in [1.54, 1.807) is 50.2 Å². The van der Waals surface area contributed by atoms with E-state index in [1.165, 1.54) is 16.7 Å². The second kappa shape index (κ2) is 10.5. The molecule has 2 aromatic carbocycles. The third-order valence-corrected chi connectivity index (χ3v) is 7.79. The van der Waals surface area contributed by atoms with E-state index >= 15 is 0 Å². The van der Waals surface area contributed by atoms with Gasteiger partial charge in [0.05, 0.1) is 4.88 Å². The number of rotatable bonds is 6. The number of nitrogens with one attached hydrogen (secondary N) is 1. The molecular formula is C30H28FN3O4S. The standard InChI is InChI=1S/C30H28FN3O4S/c1-5-32-29(36)25-15-22-23(16-33(4)30(37)28(22)39-25)21-14-20(34-11-7-6-8-26(34)35)9-10-24(21)38-27-17(2)12-19(31)13-18(27)3/h6,8-10,12-16H,5,7,11H2,1-4H3,(H,32,36). The third-order valence-electron chi connectivity index (χ3n) is 6.67. The molecule has 5 rings (SSSR count). The van der Waals surface area contributed by atoms with Crippen LogP contribution in [0.25, 0.3) is 21.2 Å². The number of hydrogen-bond acceptors (Lipinski definition) is 5. The van der Waals surface area contributed by atoms with Crippen LogP contribution in [-0.4, -0.2) is 29.5 Å². The van der Waals surface area contributed by atoms with Crippen LogP contribution in [0.1, 0.15) is 34.1 Å². The van der Waals surface area contributed by atoms with Gasteiger partial charge in [0.15, 0.2) is 0 Å². The molecule has 0 saturated carbocycles. The molecular weight excluding hydrogens is 517 g/mol. The highest BCUT2D eigenvalue weighted by atomic mass is 32.1.